The molecule has 1 rings (SSSR count). The highest BCUT2D eigenvalue weighted by Gasteiger charge is 2.25. The number of furan rings is 1. The van der Waals surface area contributed by atoms with E-state index in [9.17, 15) is 5.11 Å². The zero-order chi connectivity index (χ0) is 14.0. The summed E-state index contributed by atoms with van der Waals surface area (Å²) in [5.41, 5.74) is -0.0821. The van der Waals surface area contributed by atoms with Crippen LogP contribution < -0.4 is 5.32 Å². The number of aliphatic hydroxyl groups excluding tert-OH is 1. The predicted octanol–water partition coefficient (Wildman–Crippen LogP) is 3.43. The second-order valence-corrected chi connectivity index (χ2v) is 6.06. The first-order chi connectivity index (χ1) is 9.26. The standard InChI is InChI=1S/C15H27NO2S/c1-3-9-16-15(4-2,13-17)8-6-11-19-12-14-7-5-10-18-14/h5,7,10,16-17H,3-4,6,8-9,11-13H2,1-2H3. The molecular weight excluding hydrogens is 258 g/mol. The summed E-state index contributed by atoms with van der Waals surface area (Å²) < 4.78 is 5.30. The van der Waals surface area contributed by atoms with Crippen LogP contribution in [-0.2, 0) is 5.75 Å². The van der Waals surface area contributed by atoms with Gasteiger partial charge in [0, 0.05) is 5.54 Å². The van der Waals surface area contributed by atoms with Crippen LogP contribution >= 0.6 is 11.8 Å². The Balaban J connectivity index is 2.20. The minimum Gasteiger partial charge on any atom is -0.468 e. The third-order valence-corrected chi connectivity index (χ3v) is 4.56. The van der Waals surface area contributed by atoms with Crippen LogP contribution in [0.5, 0.6) is 0 Å². The van der Waals surface area contributed by atoms with Gasteiger partial charge in [-0.25, -0.2) is 0 Å². The number of hydrogen-bond donors (Lipinski definition) is 2. The lowest BCUT2D eigenvalue weighted by molar-refractivity contribution is 0.146. The van der Waals surface area contributed by atoms with Crippen LogP contribution in [-0.4, -0.2) is 29.5 Å². The van der Waals surface area contributed by atoms with Gasteiger partial charge >= 0.3 is 0 Å². The quantitative estimate of drug-likeness (QED) is 0.611. The molecule has 1 aromatic heterocycles. The van der Waals surface area contributed by atoms with Gasteiger partial charge in [0.05, 0.1) is 18.6 Å². The summed E-state index contributed by atoms with van der Waals surface area (Å²) in [6.07, 6.45) is 5.96. The van der Waals surface area contributed by atoms with Crippen molar-refractivity contribution < 1.29 is 9.52 Å². The van der Waals surface area contributed by atoms with Crippen molar-refractivity contribution in [3.63, 3.8) is 0 Å². The zero-order valence-electron chi connectivity index (χ0n) is 12.2. The van der Waals surface area contributed by atoms with Gasteiger partial charge < -0.3 is 14.8 Å². The molecule has 0 amide bonds. The molecule has 0 saturated carbocycles. The number of aliphatic hydroxyl groups is 1. The van der Waals surface area contributed by atoms with Crippen LogP contribution in [0, 0.1) is 0 Å². The highest BCUT2D eigenvalue weighted by atomic mass is 32.2. The Morgan fingerprint density at radius 1 is 1.42 bits per heavy atom. The van der Waals surface area contributed by atoms with Crippen molar-refractivity contribution in [2.45, 2.75) is 50.8 Å². The maximum atomic E-state index is 9.63. The molecule has 0 saturated heterocycles. The summed E-state index contributed by atoms with van der Waals surface area (Å²) in [5, 5.41) is 13.1. The maximum absolute atomic E-state index is 9.63. The Morgan fingerprint density at radius 2 is 2.26 bits per heavy atom. The monoisotopic (exact) mass is 285 g/mol. The Morgan fingerprint density at radius 3 is 2.84 bits per heavy atom. The SMILES string of the molecule is CCCNC(CC)(CO)CCCSCc1ccco1. The average molecular weight is 285 g/mol. The largest absolute Gasteiger partial charge is 0.468 e. The van der Waals surface area contributed by atoms with Gasteiger partial charge in [-0.1, -0.05) is 13.8 Å². The first-order valence-corrected chi connectivity index (χ1v) is 8.38. The van der Waals surface area contributed by atoms with E-state index >= 15 is 0 Å². The fraction of sp³-hybridized carbons (Fsp3) is 0.733. The third kappa shape index (κ3) is 6.02. The van der Waals surface area contributed by atoms with Crippen molar-refractivity contribution in [1.29, 1.82) is 0 Å². The lowest BCUT2D eigenvalue weighted by atomic mass is 9.91. The molecule has 1 aromatic rings. The zero-order valence-corrected chi connectivity index (χ0v) is 13.0. The molecule has 1 heterocycles. The van der Waals surface area contributed by atoms with Crippen LogP contribution in [0.4, 0.5) is 0 Å². The van der Waals surface area contributed by atoms with E-state index < -0.39 is 0 Å². The Hall–Kier alpha value is -0.450. The lowest BCUT2D eigenvalue weighted by Gasteiger charge is -2.32. The van der Waals surface area contributed by atoms with E-state index in [0.717, 1.165) is 49.5 Å². The van der Waals surface area contributed by atoms with Gasteiger partial charge in [-0.15, -0.1) is 0 Å². The van der Waals surface area contributed by atoms with Crippen molar-refractivity contribution >= 4 is 11.8 Å². The van der Waals surface area contributed by atoms with E-state index in [1.807, 2.05) is 23.9 Å². The molecule has 19 heavy (non-hydrogen) atoms. The normalized spacial score (nSPS) is 14.5. The van der Waals surface area contributed by atoms with Gasteiger partial charge in [-0.2, -0.15) is 11.8 Å². The van der Waals surface area contributed by atoms with Gasteiger partial charge in [-0.05, 0) is 50.1 Å². The van der Waals surface area contributed by atoms with Gasteiger partial charge in [0.2, 0.25) is 0 Å². The summed E-state index contributed by atoms with van der Waals surface area (Å²) in [4.78, 5) is 0. The van der Waals surface area contributed by atoms with Crippen LogP contribution in [0.25, 0.3) is 0 Å². The molecule has 110 valence electrons. The number of nitrogens with one attached hydrogen (secondary N) is 1. The van der Waals surface area contributed by atoms with E-state index in [0.29, 0.717) is 0 Å². The molecule has 0 bridgehead atoms. The van der Waals surface area contributed by atoms with E-state index in [-0.39, 0.29) is 12.1 Å². The summed E-state index contributed by atoms with van der Waals surface area (Å²) >= 11 is 1.89. The van der Waals surface area contributed by atoms with Gasteiger partial charge in [-0.3, -0.25) is 0 Å². The fourth-order valence-corrected chi connectivity index (χ4v) is 2.97. The van der Waals surface area contributed by atoms with E-state index in [4.69, 9.17) is 4.42 Å². The smallest absolute Gasteiger partial charge is 0.113 e. The van der Waals surface area contributed by atoms with Crippen molar-refractivity contribution in [2.75, 3.05) is 18.9 Å². The van der Waals surface area contributed by atoms with Gasteiger partial charge in [0.1, 0.15) is 5.76 Å². The highest BCUT2D eigenvalue weighted by Crippen LogP contribution is 2.20. The number of hydrogen-bond acceptors (Lipinski definition) is 4. The number of thioether (sulfide) groups is 1. The Bertz CT molecular complexity index is 310. The lowest BCUT2D eigenvalue weighted by Crippen LogP contribution is -2.48. The Kier molecular flexibility index (Phi) is 8.26. The molecule has 0 spiro atoms. The summed E-state index contributed by atoms with van der Waals surface area (Å²) in [5.74, 6) is 3.09. The minimum absolute atomic E-state index is 0.0821. The van der Waals surface area contributed by atoms with E-state index in [1.165, 1.54) is 0 Å². The number of rotatable bonds is 11. The Labute approximate surface area is 121 Å². The molecule has 0 aromatic carbocycles. The van der Waals surface area contributed by atoms with Crippen LogP contribution in [0.1, 0.15) is 45.3 Å². The maximum Gasteiger partial charge on any atom is 0.113 e. The summed E-state index contributed by atoms with van der Waals surface area (Å²) in [6.45, 7) is 5.51. The molecule has 2 N–H and O–H groups in total. The molecule has 0 aliphatic rings. The summed E-state index contributed by atoms with van der Waals surface area (Å²) in [6, 6.07) is 3.94. The molecule has 4 heteroatoms. The first-order valence-electron chi connectivity index (χ1n) is 7.22. The third-order valence-electron chi connectivity index (χ3n) is 3.50. The minimum atomic E-state index is -0.0821. The molecular formula is C15H27NO2S. The van der Waals surface area contributed by atoms with Gasteiger partial charge in [0.25, 0.3) is 0 Å². The molecule has 1 unspecified atom stereocenters. The van der Waals surface area contributed by atoms with Crippen LogP contribution in [0.3, 0.4) is 0 Å². The predicted molar refractivity (Wildman–Crippen MR) is 82.5 cm³/mol. The van der Waals surface area contributed by atoms with Crippen molar-refractivity contribution in [3.05, 3.63) is 24.2 Å². The van der Waals surface area contributed by atoms with Crippen molar-refractivity contribution in [1.82, 2.24) is 5.32 Å². The first kappa shape index (κ1) is 16.6. The highest BCUT2D eigenvalue weighted by molar-refractivity contribution is 7.98. The van der Waals surface area contributed by atoms with Crippen LogP contribution in [0.2, 0.25) is 0 Å². The molecule has 1 atom stereocenters. The fourth-order valence-electron chi connectivity index (χ4n) is 2.11. The topological polar surface area (TPSA) is 45.4 Å². The molecule has 0 aliphatic heterocycles. The van der Waals surface area contributed by atoms with E-state index in [1.54, 1.807) is 6.26 Å². The van der Waals surface area contributed by atoms with Gasteiger partial charge in [0.15, 0.2) is 0 Å². The molecule has 3 nitrogen and oxygen atoms in total. The van der Waals surface area contributed by atoms with Crippen molar-refractivity contribution in [3.8, 4) is 0 Å². The molecule has 0 aliphatic carbocycles. The molecule has 0 fully saturated rings. The summed E-state index contributed by atoms with van der Waals surface area (Å²) in [7, 11) is 0. The van der Waals surface area contributed by atoms with Crippen LogP contribution in [0.15, 0.2) is 22.8 Å². The van der Waals surface area contributed by atoms with E-state index in [2.05, 4.69) is 19.2 Å². The van der Waals surface area contributed by atoms with Crippen molar-refractivity contribution in [2.24, 2.45) is 0 Å². The molecule has 0 radical (unpaired) electrons. The second kappa shape index (κ2) is 9.45. The second-order valence-electron chi connectivity index (χ2n) is 4.95. The average Bonchev–Trinajstić information content (AvgIpc) is 2.95.